The third-order valence-electron chi connectivity index (χ3n) is 10.8. The number of phenols is 1. The molecule has 0 aliphatic rings. The van der Waals surface area contributed by atoms with Crippen molar-refractivity contribution < 1.29 is 40.9 Å². The van der Waals surface area contributed by atoms with E-state index >= 15 is 0 Å². The number of aryl methyl sites for hydroxylation is 2. The molecule has 9 aromatic rings. The quantitative estimate of drug-likeness (QED) is 0.0700. The number of nitrogens with zero attached hydrogens (tertiary/aromatic N) is 9. The van der Waals surface area contributed by atoms with Gasteiger partial charge in [0.25, 0.3) is 20.2 Å². The van der Waals surface area contributed by atoms with E-state index in [-0.39, 0.29) is 44.7 Å². The average Bonchev–Trinajstić information content (AvgIpc) is 3.75. The molecule has 20 heteroatoms. The van der Waals surface area contributed by atoms with Gasteiger partial charge < -0.3 is 14.9 Å². The summed E-state index contributed by atoms with van der Waals surface area (Å²) in [5.41, 5.74) is 5.53. The van der Waals surface area contributed by atoms with Crippen molar-refractivity contribution in [2.24, 2.45) is 30.7 Å². The predicted molar refractivity (Wildman–Crippen MR) is 246 cm³/mol. The molecule has 0 radical (unpaired) electrons. The Morgan fingerprint density at radius 3 is 1.97 bits per heavy atom. The summed E-state index contributed by atoms with van der Waals surface area (Å²) in [7, 11) is -8.33. The minimum absolute atomic E-state index is 0.00120. The summed E-state index contributed by atoms with van der Waals surface area (Å²) in [6, 6.07) is 33.4. The Morgan fingerprint density at radius 1 is 0.591 bits per heavy atom. The predicted octanol–water partition coefficient (Wildman–Crippen LogP) is 11.4. The Labute approximate surface area is 375 Å². The smallest absolute Gasteiger partial charge is 0.295 e. The van der Waals surface area contributed by atoms with Crippen LogP contribution in [0.3, 0.4) is 0 Å². The second-order valence-corrected chi connectivity index (χ2v) is 17.9. The molecule has 66 heavy (non-hydrogen) atoms. The number of benzene rings is 8. The Morgan fingerprint density at radius 2 is 1.26 bits per heavy atom. The van der Waals surface area contributed by atoms with Gasteiger partial charge in [-0.2, -0.15) is 42.1 Å². The fraction of sp³-hybridized carbons (Fsp3) is 0.0870. The summed E-state index contributed by atoms with van der Waals surface area (Å²) in [5, 5.41) is 60.1. The molecule has 0 fully saturated rings. The van der Waals surface area contributed by atoms with E-state index in [4.69, 9.17) is 4.74 Å². The van der Waals surface area contributed by atoms with Crippen molar-refractivity contribution in [2.75, 3.05) is 7.11 Å². The molecular formula is C46H35N9O9S2. The SMILES string of the molecule is COc1cc(N=Nc2cc(C)c(N=Nc3ccc4ccccc4c3)cc2C)c(CO)cc1N=Nc1ccc2cc(-n3nc4ccc5c(S(=O)(=O)O)cc(S(=O)(=O)O)cc5c4n3)ccc2c1O. The van der Waals surface area contributed by atoms with E-state index in [0.29, 0.717) is 45.2 Å². The fourth-order valence-electron chi connectivity index (χ4n) is 7.35. The number of hydrogen-bond donors (Lipinski definition) is 4. The largest absolute Gasteiger partial charge is 0.505 e. The summed E-state index contributed by atoms with van der Waals surface area (Å²) >= 11 is 0. The van der Waals surface area contributed by atoms with Crippen LogP contribution in [0.2, 0.25) is 0 Å². The number of phenolic OH excluding ortho intramolecular Hbond substituents is 1. The molecule has 0 atom stereocenters. The van der Waals surface area contributed by atoms with Gasteiger partial charge in [0.1, 0.15) is 33.1 Å². The first-order valence-corrected chi connectivity index (χ1v) is 22.7. The van der Waals surface area contributed by atoms with E-state index < -0.39 is 36.6 Å². The summed E-state index contributed by atoms with van der Waals surface area (Å²) < 4.78 is 73.5. The summed E-state index contributed by atoms with van der Waals surface area (Å²) in [4.78, 5) is -0.256. The standard InChI is InChI=1S/C46H35N9O9S2/c1-25-17-40(26(2)16-39(25)49-47-31-10-8-27-6-4-5-7-28(27)18-31)50-51-41-23-43(64-3)42(20-30(41)24-56)52-48-38-14-9-29-19-32(11-12-34(29)46(38)57)55-53-37-15-13-35-36(45(37)54-55)21-33(65(58,59)60)22-44(35)66(61,62)63/h4-23,56-57H,24H2,1-3H3,(H,58,59,60)(H,61,62,63). The van der Waals surface area contributed by atoms with Crippen molar-refractivity contribution in [1.82, 2.24) is 15.0 Å². The zero-order chi connectivity index (χ0) is 46.5. The van der Waals surface area contributed by atoms with Crippen LogP contribution in [0, 0.1) is 13.8 Å². The lowest BCUT2D eigenvalue weighted by Crippen LogP contribution is -2.04. The number of aromatic nitrogens is 3. The second kappa shape index (κ2) is 16.9. The molecule has 0 bridgehead atoms. The van der Waals surface area contributed by atoms with Crippen LogP contribution in [0.1, 0.15) is 16.7 Å². The Hall–Kier alpha value is -7.88. The molecule has 8 aromatic carbocycles. The van der Waals surface area contributed by atoms with Crippen molar-refractivity contribution >= 4 is 97.7 Å². The van der Waals surface area contributed by atoms with Gasteiger partial charge in [0.05, 0.1) is 47.0 Å². The molecule has 9 rings (SSSR count). The van der Waals surface area contributed by atoms with Crippen molar-refractivity contribution in [3.8, 4) is 17.2 Å². The Bertz CT molecular complexity index is 3800. The highest BCUT2D eigenvalue weighted by Crippen LogP contribution is 2.41. The molecule has 0 unspecified atom stereocenters. The first-order chi connectivity index (χ1) is 31.6. The zero-order valence-electron chi connectivity index (χ0n) is 34.9. The molecule has 0 aliphatic carbocycles. The van der Waals surface area contributed by atoms with Crippen LogP contribution in [0.5, 0.6) is 11.5 Å². The highest BCUT2D eigenvalue weighted by atomic mass is 32.2. The van der Waals surface area contributed by atoms with Gasteiger partial charge in [-0.05, 0) is 114 Å². The van der Waals surface area contributed by atoms with Crippen LogP contribution in [-0.4, -0.2) is 58.3 Å². The highest BCUT2D eigenvalue weighted by Gasteiger charge is 2.23. The van der Waals surface area contributed by atoms with Crippen molar-refractivity contribution in [2.45, 2.75) is 30.2 Å². The van der Waals surface area contributed by atoms with Gasteiger partial charge in [-0.25, -0.2) is 0 Å². The minimum atomic E-state index is -4.91. The third kappa shape index (κ3) is 8.44. The maximum atomic E-state index is 12.2. The number of azo groups is 3. The molecule has 0 amide bonds. The number of rotatable bonds is 11. The lowest BCUT2D eigenvalue weighted by atomic mass is 10.1. The van der Waals surface area contributed by atoms with Crippen LogP contribution >= 0.6 is 0 Å². The summed E-state index contributed by atoms with van der Waals surface area (Å²) in [6.45, 7) is 3.40. The number of aromatic hydroxyl groups is 1. The van der Waals surface area contributed by atoms with Gasteiger partial charge in [0.2, 0.25) is 0 Å². The number of aliphatic hydroxyl groups is 1. The number of aliphatic hydroxyl groups excluding tert-OH is 1. The Balaban J connectivity index is 0.963. The molecule has 0 spiro atoms. The number of methoxy groups -OCH3 is 1. The lowest BCUT2D eigenvalue weighted by molar-refractivity contribution is 0.282. The molecule has 0 saturated heterocycles. The van der Waals surface area contributed by atoms with E-state index in [1.54, 1.807) is 42.5 Å². The summed E-state index contributed by atoms with van der Waals surface area (Å²) in [5.74, 6) is 0.0870. The molecule has 18 nitrogen and oxygen atoms in total. The van der Waals surface area contributed by atoms with Crippen LogP contribution in [-0.2, 0) is 26.8 Å². The van der Waals surface area contributed by atoms with Crippen molar-refractivity contribution in [3.05, 3.63) is 138 Å². The molecule has 1 aromatic heterocycles. The van der Waals surface area contributed by atoms with Crippen molar-refractivity contribution in [3.63, 3.8) is 0 Å². The van der Waals surface area contributed by atoms with Crippen LogP contribution in [0.25, 0.3) is 49.0 Å². The van der Waals surface area contributed by atoms with Crippen LogP contribution in [0.4, 0.5) is 34.1 Å². The Kier molecular flexibility index (Phi) is 11.1. The van der Waals surface area contributed by atoms with Gasteiger partial charge in [0, 0.05) is 27.8 Å². The van der Waals surface area contributed by atoms with E-state index in [1.807, 2.05) is 68.4 Å². The molecular weight excluding hydrogens is 887 g/mol. The number of ether oxygens (including phenoxy) is 1. The van der Waals surface area contributed by atoms with E-state index in [0.717, 1.165) is 33.7 Å². The monoisotopic (exact) mass is 921 g/mol. The topological polar surface area (TPSA) is 263 Å². The number of hydrogen-bond acceptors (Lipinski definition) is 15. The van der Waals surface area contributed by atoms with Gasteiger partial charge in [0.15, 0.2) is 5.75 Å². The normalized spacial score (nSPS) is 12.6. The number of fused-ring (bicyclic) bond motifs is 5. The molecule has 330 valence electrons. The lowest BCUT2D eigenvalue weighted by Gasteiger charge is -2.10. The maximum Gasteiger partial charge on any atom is 0.295 e. The van der Waals surface area contributed by atoms with Gasteiger partial charge in [-0.3, -0.25) is 9.11 Å². The zero-order valence-corrected chi connectivity index (χ0v) is 36.6. The highest BCUT2D eigenvalue weighted by molar-refractivity contribution is 7.86. The summed E-state index contributed by atoms with van der Waals surface area (Å²) in [6.07, 6.45) is 0. The first kappa shape index (κ1) is 43.4. The average molecular weight is 922 g/mol. The maximum absolute atomic E-state index is 12.2. The second-order valence-electron chi connectivity index (χ2n) is 15.1. The van der Waals surface area contributed by atoms with Gasteiger partial charge in [-0.15, -0.1) is 20.4 Å². The molecule has 0 aliphatic heterocycles. The van der Waals surface area contributed by atoms with Crippen molar-refractivity contribution in [1.29, 1.82) is 0 Å². The molecule has 1 heterocycles. The van der Waals surface area contributed by atoms with Gasteiger partial charge in [-0.1, -0.05) is 42.5 Å². The molecule has 4 N–H and O–H groups in total. The van der Waals surface area contributed by atoms with E-state index in [9.17, 15) is 36.2 Å². The van der Waals surface area contributed by atoms with E-state index in [2.05, 4.69) is 40.9 Å². The molecule has 0 saturated carbocycles. The van der Waals surface area contributed by atoms with Crippen LogP contribution in [0.15, 0.2) is 162 Å². The van der Waals surface area contributed by atoms with Crippen LogP contribution < -0.4 is 4.74 Å². The fourth-order valence-corrected chi connectivity index (χ4v) is 8.69. The third-order valence-corrected chi connectivity index (χ3v) is 12.5. The first-order valence-electron chi connectivity index (χ1n) is 19.8. The minimum Gasteiger partial charge on any atom is -0.505 e. The van der Waals surface area contributed by atoms with Gasteiger partial charge >= 0.3 is 0 Å². The van der Waals surface area contributed by atoms with E-state index in [1.165, 1.54) is 24.0 Å².